The molecule has 0 aromatic heterocycles. The highest BCUT2D eigenvalue weighted by molar-refractivity contribution is 6.20. The molecule has 1 atom stereocenters. The van der Waals surface area contributed by atoms with Gasteiger partial charge >= 0.3 is 12.1 Å². The minimum Gasteiger partial charge on any atom is -0.444 e. The molecule has 0 spiro atoms. The third kappa shape index (κ3) is 4.75. The van der Waals surface area contributed by atoms with E-state index in [0.717, 1.165) is 0 Å². The Balaban J connectivity index is 2.18. The summed E-state index contributed by atoms with van der Waals surface area (Å²) in [4.78, 5) is 55.2. The summed E-state index contributed by atoms with van der Waals surface area (Å²) in [6.45, 7) is 12.0. The number of ether oxygens (including phenoxy) is 1. The molecule has 8 nitrogen and oxygen atoms in total. The molecule has 158 valence electrons. The molecular weight excluding hydrogens is 376 g/mol. The largest absolute Gasteiger partial charge is 0.444 e. The van der Waals surface area contributed by atoms with Crippen LogP contribution in [0.2, 0.25) is 0 Å². The first-order chi connectivity index (χ1) is 13.3. The number of nitrogens with one attached hydrogen (secondary N) is 1. The van der Waals surface area contributed by atoms with Gasteiger partial charge in [0.1, 0.15) is 5.60 Å². The fraction of sp³-hybridized carbons (Fsp3) is 0.524. The fourth-order valence-corrected chi connectivity index (χ4v) is 3.19. The second kappa shape index (κ2) is 7.85. The summed E-state index contributed by atoms with van der Waals surface area (Å²) in [6, 6.07) is 5.57. The zero-order valence-electron chi connectivity index (χ0n) is 17.9. The van der Waals surface area contributed by atoms with Crippen molar-refractivity contribution in [1.82, 2.24) is 10.4 Å². The molecule has 1 aliphatic rings. The molecule has 0 bridgehead atoms. The summed E-state index contributed by atoms with van der Waals surface area (Å²) >= 11 is 0. The van der Waals surface area contributed by atoms with E-state index < -0.39 is 40.9 Å². The van der Waals surface area contributed by atoms with E-state index in [0.29, 0.717) is 5.06 Å². The summed E-state index contributed by atoms with van der Waals surface area (Å²) in [5.74, 6) is -2.37. The van der Waals surface area contributed by atoms with Gasteiger partial charge in [-0.1, -0.05) is 31.0 Å². The minimum atomic E-state index is -1.25. The molecule has 1 unspecified atom stereocenters. The van der Waals surface area contributed by atoms with Crippen LogP contribution in [0.4, 0.5) is 4.79 Å². The molecule has 1 N–H and O–H groups in total. The predicted molar refractivity (Wildman–Crippen MR) is 105 cm³/mol. The molecule has 0 saturated heterocycles. The van der Waals surface area contributed by atoms with E-state index in [4.69, 9.17) is 9.57 Å². The number of hydroxylamine groups is 2. The van der Waals surface area contributed by atoms with Crippen molar-refractivity contribution in [3.63, 3.8) is 0 Å². The normalized spacial score (nSPS) is 15.2. The monoisotopic (exact) mass is 404 g/mol. The Morgan fingerprint density at radius 1 is 0.966 bits per heavy atom. The Morgan fingerprint density at radius 3 is 1.86 bits per heavy atom. The van der Waals surface area contributed by atoms with Gasteiger partial charge in [0.15, 0.2) is 0 Å². The number of rotatable bonds is 5. The lowest BCUT2D eigenvalue weighted by Gasteiger charge is -2.36. The molecule has 1 aromatic carbocycles. The summed E-state index contributed by atoms with van der Waals surface area (Å²) in [5.41, 5.74) is -1.59. The molecule has 1 heterocycles. The summed E-state index contributed by atoms with van der Waals surface area (Å²) in [6.07, 6.45) is -0.669. The van der Waals surface area contributed by atoms with Crippen LogP contribution in [0.15, 0.2) is 24.3 Å². The molecule has 0 fully saturated rings. The van der Waals surface area contributed by atoms with Crippen molar-refractivity contribution in [3.8, 4) is 0 Å². The van der Waals surface area contributed by atoms with E-state index >= 15 is 0 Å². The quantitative estimate of drug-likeness (QED) is 0.756. The van der Waals surface area contributed by atoms with Crippen molar-refractivity contribution < 1.29 is 28.8 Å². The van der Waals surface area contributed by atoms with Gasteiger partial charge in [-0.3, -0.25) is 9.59 Å². The number of amides is 3. The summed E-state index contributed by atoms with van der Waals surface area (Å²) < 4.78 is 5.28. The van der Waals surface area contributed by atoms with Gasteiger partial charge in [0, 0.05) is 0 Å². The maximum atomic E-state index is 12.9. The molecule has 29 heavy (non-hydrogen) atoms. The number of carbonyl (C=O) groups is 4. The second-order valence-corrected chi connectivity index (χ2v) is 8.92. The lowest BCUT2D eigenvalue weighted by molar-refractivity contribution is -0.181. The number of fused-ring (bicyclic) bond motifs is 1. The van der Waals surface area contributed by atoms with Crippen LogP contribution < -0.4 is 5.32 Å². The maximum Gasteiger partial charge on any atom is 0.407 e. The minimum absolute atomic E-state index is 0.160. The van der Waals surface area contributed by atoms with Crippen LogP contribution in [0.3, 0.4) is 0 Å². The first kappa shape index (κ1) is 22.4. The van der Waals surface area contributed by atoms with Gasteiger partial charge in [-0.05, 0) is 52.7 Å². The van der Waals surface area contributed by atoms with Crippen LogP contribution in [0.25, 0.3) is 0 Å². The number of benzene rings is 1. The summed E-state index contributed by atoms with van der Waals surface area (Å²) in [5, 5.41) is 3.18. The van der Waals surface area contributed by atoms with E-state index in [1.807, 2.05) is 13.8 Å². The van der Waals surface area contributed by atoms with E-state index in [2.05, 4.69) is 5.32 Å². The van der Waals surface area contributed by atoms with Crippen molar-refractivity contribution >= 4 is 23.9 Å². The van der Waals surface area contributed by atoms with E-state index in [9.17, 15) is 19.2 Å². The number of alkyl carbamates (subject to hydrolysis) is 1. The molecule has 3 amide bonds. The van der Waals surface area contributed by atoms with Crippen molar-refractivity contribution in [2.75, 3.05) is 0 Å². The molecular formula is C21H28N2O6. The number of hydrogen-bond acceptors (Lipinski definition) is 6. The number of carbonyl (C=O) groups excluding carboxylic acids is 4. The molecule has 1 aromatic rings. The van der Waals surface area contributed by atoms with Gasteiger partial charge < -0.3 is 14.9 Å². The van der Waals surface area contributed by atoms with Gasteiger partial charge in [0.2, 0.25) is 0 Å². The van der Waals surface area contributed by atoms with Gasteiger partial charge in [-0.25, -0.2) is 9.59 Å². The van der Waals surface area contributed by atoms with Crippen LogP contribution >= 0.6 is 0 Å². The number of nitrogens with zero attached hydrogens (tertiary/aromatic N) is 1. The van der Waals surface area contributed by atoms with Crippen LogP contribution in [-0.4, -0.2) is 40.6 Å². The van der Waals surface area contributed by atoms with Crippen molar-refractivity contribution in [3.05, 3.63) is 35.4 Å². The predicted octanol–water partition coefficient (Wildman–Crippen LogP) is 3.32. The average molecular weight is 404 g/mol. The number of imide groups is 1. The highest BCUT2D eigenvalue weighted by Gasteiger charge is 2.46. The number of hydrogen-bond donors (Lipinski definition) is 1. The Kier molecular flexibility index (Phi) is 6.06. The van der Waals surface area contributed by atoms with Crippen molar-refractivity contribution in [1.29, 1.82) is 0 Å². The topological polar surface area (TPSA) is 102 Å². The zero-order chi connectivity index (χ0) is 22.1. The van der Waals surface area contributed by atoms with Gasteiger partial charge in [-0.2, -0.15) is 0 Å². The highest BCUT2D eigenvalue weighted by Crippen LogP contribution is 2.31. The molecule has 2 rings (SSSR count). The van der Waals surface area contributed by atoms with Crippen LogP contribution in [0.5, 0.6) is 0 Å². The first-order valence-corrected chi connectivity index (χ1v) is 9.45. The summed E-state index contributed by atoms with van der Waals surface area (Å²) in [7, 11) is 0. The third-order valence-corrected chi connectivity index (χ3v) is 4.57. The molecule has 1 aliphatic heterocycles. The molecule has 8 heteroatoms. The second-order valence-electron chi connectivity index (χ2n) is 8.92. The SMILES string of the molecule is CC(C)C(NC(=O)OC(C)(C)C)C(C)(C)C(=O)ON1C(=O)c2ccccc2C1=O. The molecule has 0 saturated carbocycles. The van der Waals surface area contributed by atoms with Crippen molar-refractivity contribution in [2.24, 2.45) is 11.3 Å². The lowest BCUT2D eigenvalue weighted by Crippen LogP contribution is -2.54. The third-order valence-electron chi connectivity index (χ3n) is 4.57. The Bertz CT molecular complexity index is 803. The van der Waals surface area contributed by atoms with E-state index in [-0.39, 0.29) is 17.0 Å². The fourth-order valence-electron chi connectivity index (χ4n) is 3.19. The zero-order valence-corrected chi connectivity index (χ0v) is 17.9. The van der Waals surface area contributed by atoms with E-state index in [1.54, 1.807) is 46.8 Å². The Labute approximate surface area is 170 Å². The van der Waals surface area contributed by atoms with Gasteiger partial charge in [-0.15, -0.1) is 0 Å². The van der Waals surface area contributed by atoms with E-state index in [1.165, 1.54) is 12.1 Å². The van der Waals surface area contributed by atoms with Gasteiger partial charge in [0.05, 0.1) is 22.6 Å². The first-order valence-electron chi connectivity index (χ1n) is 9.45. The lowest BCUT2D eigenvalue weighted by atomic mass is 9.78. The average Bonchev–Trinajstić information content (AvgIpc) is 2.83. The highest BCUT2D eigenvalue weighted by atomic mass is 16.7. The standard InChI is InChI=1S/C21H28N2O6/c1-12(2)15(22-19(27)28-20(3,4)5)21(6,7)18(26)29-23-16(24)13-10-8-9-11-14(13)17(23)25/h8-12,15H,1-7H3,(H,22,27). The Hall–Kier alpha value is -2.90. The van der Waals surface area contributed by atoms with Crippen LogP contribution in [-0.2, 0) is 14.4 Å². The van der Waals surface area contributed by atoms with Crippen LogP contribution in [0.1, 0.15) is 69.2 Å². The Morgan fingerprint density at radius 2 is 1.45 bits per heavy atom. The molecule has 0 radical (unpaired) electrons. The molecule has 0 aliphatic carbocycles. The maximum absolute atomic E-state index is 12.9. The van der Waals surface area contributed by atoms with Crippen LogP contribution in [0, 0.1) is 11.3 Å². The van der Waals surface area contributed by atoms with Gasteiger partial charge in [0.25, 0.3) is 11.8 Å². The van der Waals surface area contributed by atoms with Crippen molar-refractivity contribution in [2.45, 2.75) is 60.1 Å². The smallest absolute Gasteiger partial charge is 0.407 e.